The van der Waals surface area contributed by atoms with E-state index < -0.39 is 16.1 Å². The van der Waals surface area contributed by atoms with Crippen LogP contribution in [0.3, 0.4) is 0 Å². The minimum atomic E-state index is -3.81. The van der Waals surface area contributed by atoms with E-state index in [0.717, 1.165) is 16.9 Å². The molecule has 0 aliphatic heterocycles. The lowest BCUT2D eigenvalue weighted by atomic mass is 10.1. The third kappa shape index (κ3) is 3.77. The molecule has 0 saturated heterocycles. The summed E-state index contributed by atoms with van der Waals surface area (Å²) in [5.41, 5.74) is 0.775. The summed E-state index contributed by atoms with van der Waals surface area (Å²) in [5.74, 6) is 0.654. The number of hydrogen-bond donors (Lipinski definition) is 1. The molecule has 1 heterocycles. The van der Waals surface area contributed by atoms with Gasteiger partial charge in [0, 0.05) is 6.04 Å². The van der Waals surface area contributed by atoms with Crippen LogP contribution in [-0.2, 0) is 10.0 Å². The highest BCUT2D eigenvalue weighted by atomic mass is 79.9. The van der Waals surface area contributed by atoms with Crippen LogP contribution >= 0.6 is 50.5 Å². The Bertz CT molecular complexity index is 793. The molecule has 0 aliphatic carbocycles. The molecule has 0 amide bonds. The van der Waals surface area contributed by atoms with Crippen LogP contribution in [0.5, 0.6) is 5.75 Å². The maximum Gasteiger partial charge on any atom is 0.244 e. The molecule has 0 bridgehead atoms. The molecule has 9 heteroatoms. The van der Waals surface area contributed by atoms with E-state index in [1.165, 1.54) is 0 Å². The normalized spacial score (nSPS) is 13.1. The summed E-state index contributed by atoms with van der Waals surface area (Å²) in [4.78, 5) is -0.0427. The Morgan fingerprint density at radius 2 is 2.00 bits per heavy atom. The van der Waals surface area contributed by atoms with Gasteiger partial charge in [0.05, 0.1) is 11.6 Å². The molecule has 1 N–H and O–H groups in total. The first kappa shape index (κ1) is 18.0. The Morgan fingerprint density at radius 3 is 2.55 bits per heavy atom. The molecule has 1 atom stereocenters. The minimum Gasteiger partial charge on any atom is -0.497 e. The highest BCUT2D eigenvalue weighted by Gasteiger charge is 2.28. The SMILES string of the molecule is COc1cccc(C(C)NS(=O)(=O)c2c(Cl)sc(Cl)c2Br)c1. The summed E-state index contributed by atoms with van der Waals surface area (Å²) in [6.07, 6.45) is 0. The number of ether oxygens (including phenoxy) is 1. The van der Waals surface area contributed by atoms with Gasteiger partial charge in [-0.3, -0.25) is 0 Å². The second kappa shape index (κ2) is 7.07. The molecule has 0 radical (unpaired) electrons. The molecule has 1 aromatic carbocycles. The summed E-state index contributed by atoms with van der Waals surface area (Å²) in [7, 11) is -2.26. The van der Waals surface area contributed by atoms with Crippen molar-refractivity contribution >= 4 is 60.5 Å². The van der Waals surface area contributed by atoms with Gasteiger partial charge in [-0.25, -0.2) is 13.1 Å². The topological polar surface area (TPSA) is 55.4 Å². The molecule has 0 spiro atoms. The highest BCUT2D eigenvalue weighted by Crippen LogP contribution is 2.43. The molecule has 22 heavy (non-hydrogen) atoms. The van der Waals surface area contributed by atoms with Gasteiger partial charge < -0.3 is 4.74 Å². The number of methoxy groups -OCH3 is 1. The quantitative estimate of drug-likeness (QED) is 0.715. The van der Waals surface area contributed by atoms with Crippen molar-refractivity contribution in [3.8, 4) is 5.75 Å². The average Bonchev–Trinajstić information content (AvgIpc) is 2.72. The summed E-state index contributed by atoms with van der Waals surface area (Å²) in [5, 5.41) is 0. The van der Waals surface area contributed by atoms with Gasteiger partial charge in [-0.2, -0.15) is 0 Å². The van der Waals surface area contributed by atoms with Crippen LogP contribution in [0.15, 0.2) is 33.6 Å². The van der Waals surface area contributed by atoms with Crippen LogP contribution in [0.1, 0.15) is 18.5 Å². The Hall–Kier alpha value is -0.310. The fourth-order valence-corrected chi connectivity index (χ4v) is 6.63. The van der Waals surface area contributed by atoms with Gasteiger partial charge in [0.25, 0.3) is 0 Å². The summed E-state index contributed by atoms with van der Waals surface area (Å²) in [6.45, 7) is 1.74. The average molecular weight is 445 g/mol. The smallest absolute Gasteiger partial charge is 0.244 e. The first-order valence-electron chi connectivity index (χ1n) is 6.06. The molecule has 2 aromatic rings. The van der Waals surface area contributed by atoms with E-state index in [9.17, 15) is 8.42 Å². The molecule has 0 aliphatic rings. The Morgan fingerprint density at radius 1 is 1.32 bits per heavy atom. The lowest BCUT2D eigenvalue weighted by Gasteiger charge is -2.15. The fourth-order valence-electron chi connectivity index (χ4n) is 1.84. The number of hydrogen-bond acceptors (Lipinski definition) is 4. The Balaban J connectivity index is 2.31. The van der Waals surface area contributed by atoms with Crippen molar-refractivity contribution in [3.05, 3.63) is 43.0 Å². The molecule has 2 rings (SSSR count). The van der Waals surface area contributed by atoms with Gasteiger partial charge in [0.15, 0.2) is 0 Å². The van der Waals surface area contributed by atoms with Crippen LogP contribution in [0, 0.1) is 0 Å². The maximum atomic E-state index is 12.5. The molecular weight excluding hydrogens is 433 g/mol. The molecule has 1 unspecified atom stereocenters. The molecule has 0 saturated carbocycles. The van der Waals surface area contributed by atoms with Crippen LogP contribution in [0.4, 0.5) is 0 Å². The zero-order chi connectivity index (χ0) is 16.5. The standard InChI is InChI=1S/C13H12BrCl2NO3S2/c1-7(8-4-3-5-9(6-8)20-2)17-22(18,19)11-10(14)12(15)21-13(11)16/h3-7,17H,1-2H3. The maximum absolute atomic E-state index is 12.5. The molecular formula is C13H12BrCl2NO3S2. The van der Waals surface area contributed by atoms with Crippen molar-refractivity contribution in [1.29, 1.82) is 0 Å². The zero-order valence-electron chi connectivity index (χ0n) is 11.6. The van der Waals surface area contributed by atoms with E-state index in [1.54, 1.807) is 32.2 Å². The number of thiophene rings is 1. The van der Waals surface area contributed by atoms with E-state index in [2.05, 4.69) is 20.7 Å². The second-order valence-corrected chi connectivity index (χ2v) is 9.08. The summed E-state index contributed by atoms with van der Waals surface area (Å²) < 4.78 is 33.4. The Kier molecular flexibility index (Phi) is 5.79. The largest absolute Gasteiger partial charge is 0.497 e. The summed E-state index contributed by atoms with van der Waals surface area (Å²) in [6, 6.07) is 6.71. The zero-order valence-corrected chi connectivity index (χ0v) is 16.3. The predicted octanol–water partition coefficient (Wildman–Crippen LogP) is 4.87. The Labute approximate surface area is 151 Å². The van der Waals surface area contributed by atoms with Crippen LogP contribution in [0.2, 0.25) is 8.67 Å². The van der Waals surface area contributed by atoms with Crippen LogP contribution in [-0.4, -0.2) is 15.5 Å². The third-order valence-electron chi connectivity index (χ3n) is 2.92. The van der Waals surface area contributed by atoms with Crippen molar-refractivity contribution in [2.45, 2.75) is 17.9 Å². The van der Waals surface area contributed by atoms with Gasteiger partial charge >= 0.3 is 0 Å². The van der Waals surface area contributed by atoms with Gasteiger partial charge in [0.1, 0.15) is 19.3 Å². The second-order valence-electron chi connectivity index (χ2n) is 4.41. The van der Waals surface area contributed by atoms with Crippen molar-refractivity contribution in [1.82, 2.24) is 4.72 Å². The van der Waals surface area contributed by atoms with Gasteiger partial charge in [-0.15, -0.1) is 11.3 Å². The van der Waals surface area contributed by atoms with Crippen molar-refractivity contribution < 1.29 is 13.2 Å². The molecule has 1 aromatic heterocycles. The summed E-state index contributed by atoms with van der Waals surface area (Å²) >= 11 is 16.0. The monoisotopic (exact) mass is 443 g/mol. The fraction of sp³-hybridized carbons (Fsp3) is 0.231. The van der Waals surface area contributed by atoms with Gasteiger partial charge in [0.2, 0.25) is 10.0 Å². The number of sulfonamides is 1. The number of rotatable bonds is 5. The van der Waals surface area contributed by atoms with E-state index in [-0.39, 0.29) is 13.7 Å². The highest BCUT2D eigenvalue weighted by molar-refractivity contribution is 9.10. The predicted molar refractivity (Wildman–Crippen MR) is 93.8 cm³/mol. The van der Waals surface area contributed by atoms with Gasteiger partial charge in [-0.1, -0.05) is 35.3 Å². The third-order valence-corrected chi connectivity index (χ3v) is 7.93. The van der Waals surface area contributed by atoms with Crippen LogP contribution in [0.25, 0.3) is 0 Å². The molecule has 120 valence electrons. The van der Waals surface area contributed by atoms with E-state index in [4.69, 9.17) is 27.9 Å². The van der Waals surface area contributed by atoms with Crippen LogP contribution < -0.4 is 9.46 Å². The van der Waals surface area contributed by atoms with E-state index >= 15 is 0 Å². The van der Waals surface area contributed by atoms with Crippen molar-refractivity contribution in [2.75, 3.05) is 7.11 Å². The lowest BCUT2D eigenvalue weighted by Crippen LogP contribution is -2.27. The minimum absolute atomic E-state index is 0.0427. The van der Waals surface area contributed by atoms with Crippen molar-refractivity contribution in [3.63, 3.8) is 0 Å². The van der Waals surface area contributed by atoms with E-state index in [1.807, 2.05) is 6.07 Å². The van der Waals surface area contributed by atoms with Crippen molar-refractivity contribution in [2.24, 2.45) is 0 Å². The molecule has 0 fully saturated rings. The first-order valence-corrected chi connectivity index (χ1v) is 9.90. The first-order chi connectivity index (χ1) is 10.3. The lowest BCUT2D eigenvalue weighted by molar-refractivity contribution is 0.413. The molecule has 4 nitrogen and oxygen atoms in total. The number of benzene rings is 1. The number of nitrogens with one attached hydrogen (secondary N) is 1. The van der Waals surface area contributed by atoms with Gasteiger partial charge in [-0.05, 0) is 40.5 Å². The number of halogens is 3. The van der Waals surface area contributed by atoms with E-state index in [0.29, 0.717) is 10.1 Å².